The van der Waals surface area contributed by atoms with Gasteiger partial charge < -0.3 is 10.5 Å². The summed E-state index contributed by atoms with van der Waals surface area (Å²) in [4.78, 5) is 0. The third-order valence-corrected chi connectivity index (χ3v) is 3.53. The third-order valence-electron chi connectivity index (χ3n) is 3.53. The summed E-state index contributed by atoms with van der Waals surface area (Å²) in [6, 6.07) is 18.9. The van der Waals surface area contributed by atoms with Gasteiger partial charge in [-0.2, -0.15) is 0 Å². The van der Waals surface area contributed by atoms with Gasteiger partial charge in [-0.05, 0) is 23.1 Å². The van der Waals surface area contributed by atoms with E-state index < -0.39 is 0 Å². The Morgan fingerprint density at radius 1 is 0.950 bits per heavy atom. The topological polar surface area (TPSA) is 35.2 Å². The summed E-state index contributed by atoms with van der Waals surface area (Å²) >= 11 is 0. The molecule has 0 saturated heterocycles. The SMILES string of the molecule is CC(COCCc1ccccc1)c1ccc(CN)cc1. The fourth-order valence-corrected chi connectivity index (χ4v) is 2.17. The van der Waals surface area contributed by atoms with E-state index in [-0.39, 0.29) is 0 Å². The summed E-state index contributed by atoms with van der Waals surface area (Å²) in [5.74, 6) is 0.414. The summed E-state index contributed by atoms with van der Waals surface area (Å²) in [5.41, 5.74) is 9.41. The molecule has 0 radical (unpaired) electrons. The Balaban J connectivity index is 1.73. The molecule has 2 heteroatoms. The minimum Gasteiger partial charge on any atom is -0.380 e. The summed E-state index contributed by atoms with van der Waals surface area (Å²) in [7, 11) is 0. The molecule has 0 aliphatic rings. The largest absolute Gasteiger partial charge is 0.380 e. The zero-order chi connectivity index (χ0) is 14.2. The average Bonchev–Trinajstić information content (AvgIpc) is 2.52. The lowest BCUT2D eigenvalue weighted by atomic mass is 10.0. The van der Waals surface area contributed by atoms with E-state index in [4.69, 9.17) is 10.5 Å². The molecule has 1 unspecified atom stereocenters. The predicted octanol–water partition coefficient (Wildman–Crippen LogP) is 3.51. The molecular formula is C18H23NO. The van der Waals surface area contributed by atoms with Crippen molar-refractivity contribution in [3.63, 3.8) is 0 Å². The molecule has 2 aromatic rings. The summed E-state index contributed by atoms with van der Waals surface area (Å²) in [6.07, 6.45) is 0.972. The Kier molecular flexibility index (Phi) is 5.78. The van der Waals surface area contributed by atoms with Gasteiger partial charge in [0.1, 0.15) is 0 Å². The minimum atomic E-state index is 0.414. The average molecular weight is 269 g/mol. The molecule has 0 aliphatic heterocycles. The van der Waals surface area contributed by atoms with Gasteiger partial charge in [-0.1, -0.05) is 61.5 Å². The lowest BCUT2D eigenvalue weighted by molar-refractivity contribution is 0.126. The van der Waals surface area contributed by atoms with Gasteiger partial charge in [-0.25, -0.2) is 0 Å². The molecule has 0 bridgehead atoms. The van der Waals surface area contributed by atoms with Crippen LogP contribution in [-0.4, -0.2) is 13.2 Å². The van der Waals surface area contributed by atoms with Crippen LogP contribution in [-0.2, 0) is 17.7 Å². The van der Waals surface area contributed by atoms with Crippen LogP contribution >= 0.6 is 0 Å². The number of rotatable bonds is 7. The van der Waals surface area contributed by atoms with Gasteiger partial charge in [0.2, 0.25) is 0 Å². The van der Waals surface area contributed by atoms with Crippen molar-refractivity contribution in [3.05, 3.63) is 71.3 Å². The first kappa shape index (κ1) is 14.8. The van der Waals surface area contributed by atoms with Crippen molar-refractivity contribution in [1.29, 1.82) is 0 Å². The molecule has 0 fully saturated rings. The van der Waals surface area contributed by atoms with Crippen molar-refractivity contribution < 1.29 is 4.74 Å². The zero-order valence-electron chi connectivity index (χ0n) is 12.1. The standard InChI is InChI=1S/C18H23NO/c1-15(18-9-7-17(13-19)8-10-18)14-20-12-11-16-5-3-2-4-6-16/h2-10,15H,11-14,19H2,1H3. The fourth-order valence-electron chi connectivity index (χ4n) is 2.17. The molecule has 0 aromatic heterocycles. The van der Waals surface area contributed by atoms with Crippen molar-refractivity contribution in [2.24, 2.45) is 5.73 Å². The van der Waals surface area contributed by atoms with Crippen molar-refractivity contribution in [3.8, 4) is 0 Å². The van der Waals surface area contributed by atoms with Gasteiger partial charge in [0, 0.05) is 12.5 Å². The molecule has 0 heterocycles. The van der Waals surface area contributed by atoms with Crippen LogP contribution in [0.2, 0.25) is 0 Å². The first-order chi connectivity index (χ1) is 9.79. The second kappa shape index (κ2) is 7.83. The molecule has 2 aromatic carbocycles. The highest BCUT2D eigenvalue weighted by Gasteiger charge is 2.05. The van der Waals surface area contributed by atoms with E-state index in [9.17, 15) is 0 Å². The number of benzene rings is 2. The second-order valence-corrected chi connectivity index (χ2v) is 5.16. The molecule has 0 spiro atoms. The molecule has 1 atom stereocenters. The predicted molar refractivity (Wildman–Crippen MR) is 83.7 cm³/mol. The molecule has 0 saturated carbocycles. The Bertz CT molecular complexity index is 493. The van der Waals surface area contributed by atoms with E-state index in [0.717, 1.165) is 19.6 Å². The van der Waals surface area contributed by atoms with Crippen molar-refractivity contribution in [2.45, 2.75) is 25.8 Å². The first-order valence-electron chi connectivity index (χ1n) is 7.20. The van der Waals surface area contributed by atoms with Gasteiger partial charge in [0.15, 0.2) is 0 Å². The lowest BCUT2D eigenvalue weighted by Gasteiger charge is -2.13. The van der Waals surface area contributed by atoms with E-state index in [1.165, 1.54) is 16.7 Å². The zero-order valence-corrected chi connectivity index (χ0v) is 12.1. The van der Waals surface area contributed by atoms with Crippen molar-refractivity contribution >= 4 is 0 Å². The first-order valence-corrected chi connectivity index (χ1v) is 7.20. The van der Waals surface area contributed by atoms with Crippen LogP contribution in [0, 0.1) is 0 Å². The monoisotopic (exact) mass is 269 g/mol. The Labute approximate surface area is 121 Å². The molecule has 2 nitrogen and oxygen atoms in total. The van der Waals surface area contributed by atoms with Crippen LogP contribution in [0.25, 0.3) is 0 Å². The molecule has 2 rings (SSSR count). The maximum Gasteiger partial charge on any atom is 0.0532 e. The number of ether oxygens (including phenoxy) is 1. The molecule has 20 heavy (non-hydrogen) atoms. The molecule has 2 N–H and O–H groups in total. The second-order valence-electron chi connectivity index (χ2n) is 5.16. The Morgan fingerprint density at radius 3 is 2.30 bits per heavy atom. The molecule has 0 aliphatic carbocycles. The summed E-state index contributed by atoms with van der Waals surface area (Å²) in [6.45, 7) is 4.33. The highest BCUT2D eigenvalue weighted by atomic mass is 16.5. The summed E-state index contributed by atoms with van der Waals surface area (Å²) in [5, 5.41) is 0. The van der Waals surface area contributed by atoms with Gasteiger partial charge in [0.25, 0.3) is 0 Å². The fraction of sp³-hybridized carbons (Fsp3) is 0.333. The third kappa shape index (κ3) is 4.48. The molecule has 0 amide bonds. The van der Waals surface area contributed by atoms with Crippen LogP contribution in [0.5, 0.6) is 0 Å². The van der Waals surface area contributed by atoms with E-state index >= 15 is 0 Å². The quantitative estimate of drug-likeness (QED) is 0.781. The maximum atomic E-state index is 5.79. The number of hydrogen-bond acceptors (Lipinski definition) is 2. The van der Waals surface area contributed by atoms with Gasteiger partial charge in [-0.15, -0.1) is 0 Å². The van der Waals surface area contributed by atoms with Crippen molar-refractivity contribution in [1.82, 2.24) is 0 Å². The Morgan fingerprint density at radius 2 is 1.65 bits per heavy atom. The number of hydrogen-bond donors (Lipinski definition) is 1. The highest BCUT2D eigenvalue weighted by molar-refractivity contribution is 5.25. The Hall–Kier alpha value is -1.64. The normalized spacial score (nSPS) is 12.3. The van der Waals surface area contributed by atoms with Crippen LogP contribution in [0.15, 0.2) is 54.6 Å². The summed E-state index contributed by atoms with van der Waals surface area (Å²) < 4.78 is 5.79. The minimum absolute atomic E-state index is 0.414. The molecule has 106 valence electrons. The van der Waals surface area contributed by atoms with Crippen LogP contribution < -0.4 is 5.73 Å². The van der Waals surface area contributed by atoms with Gasteiger partial charge >= 0.3 is 0 Å². The van der Waals surface area contributed by atoms with Crippen LogP contribution in [0.3, 0.4) is 0 Å². The van der Waals surface area contributed by atoms with Gasteiger partial charge in [0.05, 0.1) is 13.2 Å². The van der Waals surface area contributed by atoms with Crippen LogP contribution in [0.1, 0.15) is 29.5 Å². The van der Waals surface area contributed by atoms with E-state index in [0.29, 0.717) is 12.5 Å². The van der Waals surface area contributed by atoms with E-state index in [1.54, 1.807) is 0 Å². The molecular weight excluding hydrogens is 246 g/mol. The smallest absolute Gasteiger partial charge is 0.0532 e. The van der Waals surface area contributed by atoms with Crippen LogP contribution in [0.4, 0.5) is 0 Å². The van der Waals surface area contributed by atoms with E-state index in [1.807, 2.05) is 6.07 Å². The maximum absolute atomic E-state index is 5.79. The van der Waals surface area contributed by atoms with E-state index in [2.05, 4.69) is 55.5 Å². The van der Waals surface area contributed by atoms with Gasteiger partial charge in [-0.3, -0.25) is 0 Å². The lowest BCUT2D eigenvalue weighted by Crippen LogP contribution is -2.07. The number of nitrogens with two attached hydrogens (primary N) is 1. The van der Waals surface area contributed by atoms with Crippen molar-refractivity contribution in [2.75, 3.05) is 13.2 Å². The highest BCUT2D eigenvalue weighted by Crippen LogP contribution is 2.16.